The van der Waals surface area contributed by atoms with Crippen LogP contribution in [0.15, 0.2) is 47.4 Å². The summed E-state index contributed by atoms with van der Waals surface area (Å²) in [5, 5.41) is 17.7. The first kappa shape index (κ1) is 17.3. The third-order valence-corrected chi connectivity index (χ3v) is 4.43. The van der Waals surface area contributed by atoms with E-state index in [2.05, 4.69) is 0 Å². The quantitative estimate of drug-likeness (QED) is 0.918. The molecule has 2 aromatic rings. The monoisotopic (exact) mass is 351 g/mol. The molecule has 2 rings (SSSR count). The summed E-state index contributed by atoms with van der Waals surface area (Å²) in [7, 11) is -4.26. The first-order valence-electron chi connectivity index (χ1n) is 6.32. The van der Waals surface area contributed by atoms with Gasteiger partial charge in [0.05, 0.1) is 22.8 Å². The third-order valence-electron chi connectivity index (χ3n) is 2.99. The molecule has 0 amide bonds. The zero-order valence-electron chi connectivity index (χ0n) is 11.8. The van der Waals surface area contributed by atoms with Crippen molar-refractivity contribution in [3.05, 3.63) is 59.2 Å². The molecular formula is C15H8F3N3O2S. The lowest BCUT2D eigenvalue weighted by molar-refractivity contribution is -0.137. The summed E-state index contributed by atoms with van der Waals surface area (Å²) in [5.74, 6) is 0. The van der Waals surface area contributed by atoms with Crippen molar-refractivity contribution < 1.29 is 21.6 Å². The van der Waals surface area contributed by atoms with Gasteiger partial charge in [-0.2, -0.15) is 23.7 Å². The average molecular weight is 351 g/mol. The molecule has 0 aliphatic carbocycles. The second-order valence-corrected chi connectivity index (χ2v) is 6.23. The van der Waals surface area contributed by atoms with Crippen LogP contribution in [0.4, 0.5) is 18.9 Å². The molecule has 2 aromatic carbocycles. The Kier molecular flexibility index (Phi) is 4.49. The van der Waals surface area contributed by atoms with Gasteiger partial charge in [-0.25, -0.2) is 8.42 Å². The van der Waals surface area contributed by atoms with Gasteiger partial charge in [-0.1, -0.05) is 12.1 Å². The zero-order valence-corrected chi connectivity index (χ0v) is 12.6. The molecule has 0 saturated carbocycles. The molecule has 0 heterocycles. The topological polar surface area (TPSA) is 93.8 Å². The Morgan fingerprint density at radius 2 is 1.58 bits per heavy atom. The molecule has 0 fully saturated rings. The van der Waals surface area contributed by atoms with Crippen LogP contribution < -0.4 is 4.72 Å². The molecule has 5 nitrogen and oxygen atoms in total. The molecule has 0 atom stereocenters. The number of anilines is 1. The number of nitrogens with one attached hydrogen (secondary N) is 1. The minimum Gasteiger partial charge on any atom is -0.280 e. The fourth-order valence-corrected chi connectivity index (χ4v) is 3.15. The first-order valence-corrected chi connectivity index (χ1v) is 7.80. The van der Waals surface area contributed by atoms with Crippen LogP contribution in [-0.2, 0) is 16.2 Å². The van der Waals surface area contributed by atoms with Crippen LogP contribution in [-0.4, -0.2) is 8.42 Å². The van der Waals surface area contributed by atoms with E-state index in [-0.39, 0.29) is 16.1 Å². The summed E-state index contributed by atoms with van der Waals surface area (Å²) in [6, 6.07) is 10.8. The van der Waals surface area contributed by atoms with Gasteiger partial charge < -0.3 is 0 Å². The molecule has 24 heavy (non-hydrogen) atoms. The molecule has 0 unspecified atom stereocenters. The predicted molar refractivity (Wildman–Crippen MR) is 78.1 cm³/mol. The lowest BCUT2D eigenvalue weighted by Crippen LogP contribution is -2.16. The maximum atomic E-state index is 12.9. The summed E-state index contributed by atoms with van der Waals surface area (Å²) < 4.78 is 65.3. The molecule has 0 saturated heterocycles. The summed E-state index contributed by atoms with van der Waals surface area (Å²) in [4.78, 5) is -0.356. The van der Waals surface area contributed by atoms with Crippen molar-refractivity contribution in [2.45, 2.75) is 11.1 Å². The number of benzene rings is 2. The molecule has 122 valence electrons. The highest BCUT2D eigenvalue weighted by molar-refractivity contribution is 7.92. The summed E-state index contributed by atoms with van der Waals surface area (Å²) >= 11 is 0. The van der Waals surface area contributed by atoms with Crippen molar-refractivity contribution in [1.82, 2.24) is 0 Å². The van der Waals surface area contributed by atoms with E-state index in [1.165, 1.54) is 24.3 Å². The van der Waals surface area contributed by atoms with Gasteiger partial charge in [-0.15, -0.1) is 0 Å². The van der Waals surface area contributed by atoms with E-state index in [4.69, 9.17) is 10.5 Å². The highest BCUT2D eigenvalue weighted by atomic mass is 32.2. The maximum absolute atomic E-state index is 12.9. The Labute approximate surface area is 135 Å². The number of nitriles is 2. The lowest BCUT2D eigenvalue weighted by atomic mass is 10.1. The van der Waals surface area contributed by atoms with Crippen LogP contribution in [0, 0.1) is 22.7 Å². The largest absolute Gasteiger partial charge is 0.417 e. The maximum Gasteiger partial charge on any atom is 0.417 e. The van der Waals surface area contributed by atoms with Gasteiger partial charge in [0.15, 0.2) is 0 Å². The number of sulfonamides is 1. The molecule has 1 N–H and O–H groups in total. The van der Waals surface area contributed by atoms with Gasteiger partial charge in [0.2, 0.25) is 0 Å². The number of hydrogen-bond acceptors (Lipinski definition) is 4. The van der Waals surface area contributed by atoms with Gasteiger partial charge in [0.1, 0.15) is 11.0 Å². The van der Waals surface area contributed by atoms with Crippen molar-refractivity contribution in [1.29, 1.82) is 10.5 Å². The van der Waals surface area contributed by atoms with Crippen LogP contribution in [0.2, 0.25) is 0 Å². The van der Waals surface area contributed by atoms with Crippen molar-refractivity contribution in [3.8, 4) is 12.1 Å². The molecule has 0 aliphatic rings. The summed E-state index contributed by atoms with van der Waals surface area (Å²) in [5.41, 5.74) is -2.38. The normalized spacial score (nSPS) is 11.4. The van der Waals surface area contributed by atoms with Gasteiger partial charge in [-0.05, 0) is 30.3 Å². The predicted octanol–water partition coefficient (Wildman–Crippen LogP) is 3.25. The summed E-state index contributed by atoms with van der Waals surface area (Å²) in [6.07, 6.45) is -4.81. The number of nitrogens with zero attached hydrogens (tertiary/aromatic N) is 2. The van der Waals surface area contributed by atoms with Crippen molar-refractivity contribution in [2.24, 2.45) is 0 Å². The summed E-state index contributed by atoms with van der Waals surface area (Å²) in [6.45, 7) is 0. The molecule has 0 aromatic heterocycles. The van der Waals surface area contributed by atoms with Crippen LogP contribution in [0.3, 0.4) is 0 Å². The Morgan fingerprint density at radius 1 is 0.958 bits per heavy atom. The molecule has 0 radical (unpaired) electrons. The van der Waals surface area contributed by atoms with Gasteiger partial charge in [0, 0.05) is 5.69 Å². The van der Waals surface area contributed by atoms with Crippen LogP contribution in [0.5, 0.6) is 0 Å². The zero-order chi connectivity index (χ0) is 18.0. The number of rotatable bonds is 3. The Morgan fingerprint density at radius 3 is 2.17 bits per heavy atom. The average Bonchev–Trinajstić information content (AvgIpc) is 2.53. The number of hydrogen-bond donors (Lipinski definition) is 1. The SMILES string of the molecule is N#Cc1ccc(NS(=O)(=O)c2ccccc2C#N)cc1C(F)(F)F. The van der Waals surface area contributed by atoms with Crippen molar-refractivity contribution in [2.75, 3.05) is 4.72 Å². The first-order chi connectivity index (χ1) is 11.2. The Bertz CT molecular complexity index is 971. The van der Waals surface area contributed by atoms with Crippen LogP contribution >= 0.6 is 0 Å². The molecular weight excluding hydrogens is 343 g/mol. The second-order valence-electron chi connectivity index (χ2n) is 4.58. The van der Waals surface area contributed by atoms with E-state index >= 15 is 0 Å². The highest BCUT2D eigenvalue weighted by Gasteiger charge is 2.34. The Hall–Kier alpha value is -3.04. The van der Waals surface area contributed by atoms with Crippen molar-refractivity contribution >= 4 is 15.7 Å². The fourth-order valence-electron chi connectivity index (χ4n) is 1.94. The minimum atomic E-state index is -4.81. The number of halogens is 3. The third kappa shape index (κ3) is 3.47. The molecule has 0 aliphatic heterocycles. The molecule has 0 bridgehead atoms. The smallest absolute Gasteiger partial charge is 0.280 e. The van der Waals surface area contributed by atoms with E-state index in [0.717, 1.165) is 18.2 Å². The van der Waals surface area contributed by atoms with E-state index in [9.17, 15) is 21.6 Å². The van der Waals surface area contributed by atoms with Gasteiger partial charge >= 0.3 is 6.18 Å². The van der Waals surface area contributed by atoms with Gasteiger partial charge in [-0.3, -0.25) is 4.72 Å². The standard InChI is InChI=1S/C15H8F3N3O2S/c16-15(17,18)13-7-12(6-5-10(13)8-19)21-24(22,23)14-4-2-1-3-11(14)9-20/h1-7,21H. The van der Waals surface area contributed by atoms with E-state index in [1.54, 1.807) is 6.07 Å². The lowest BCUT2D eigenvalue weighted by Gasteiger charge is -2.13. The molecule has 9 heteroatoms. The number of alkyl halides is 3. The second kappa shape index (κ2) is 6.22. The van der Waals surface area contributed by atoms with E-state index < -0.39 is 27.3 Å². The fraction of sp³-hybridized carbons (Fsp3) is 0.0667. The van der Waals surface area contributed by atoms with Crippen molar-refractivity contribution in [3.63, 3.8) is 0 Å². The van der Waals surface area contributed by atoms with Gasteiger partial charge in [0.25, 0.3) is 10.0 Å². The molecule has 0 spiro atoms. The van der Waals surface area contributed by atoms with Crippen LogP contribution in [0.25, 0.3) is 0 Å². The van der Waals surface area contributed by atoms with Crippen LogP contribution in [0.1, 0.15) is 16.7 Å². The minimum absolute atomic E-state index is 0.144. The van der Waals surface area contributed by atoms with E-state index in [1.807, 2.05) is 4.72 Å². The highest BCUT2D eigenvalue weighted by Crippen LogP contribution is 2.34. The Balaban J connectivity index is 2.49. The van der Waals surface area contributed by atoms with E-state index in [0.29, 0.717) is 6.07 Å².